The van der Waals surface area contributed by atoms with Crippen LogP contribution >= 0.6 is 0 Å². The third kappa shape index (κ3) is 22.5. The first-order valence-corrected chi connectivity index (χ1v) is 44.6. The van der Waals surface area contributed by atoms with Gasteiger partial charge in [0.1, 0.15) is 20.1 Å². The second-order valence-corrected chi connectivity index (χ2v) is 33.0. The van der Waals surface area contributed by atoms with E-state index in [1.165, 1.54) is 153 Å². The summed E-state index contributed by atoms with van der Waals surface area (Å²) in [4.78, 5) is 0. The molecular formula is C87H159B6Y3. The average molecular weight is 1540 g/mol. The van der Waals surface area contributed by atoms with E-state index in [4.69, 9.17) is 0 Å². The minimum Gasteiger partial charge on any atom is -0.426 e. The van der Waals surface area contributed by atoms with E-state index in [1.807, 2.05) is 83.1 Å². The van der Waals surface area contributed by atoms with Gasteiger partial charge in [-0.05, 0) is 72.5 Å². The maximum atomic E-state index is 4.12. The van der Waals surface area contributed by atoms with E-state index in [9.17, 15) is 0 Å². The molecule has 534 valence electrons. The van der Waals surface area contributed by atoms with Gasteiger partial charge in [-0.25, -0.2) is 20.1 Å². The SMILES string of the molecule is C1CCC2C(C1)B1C(B3C4CCCCC4C4CCCCC4C3B3C4CCCCC4C4CCCCC4C13)C1CCCCC21.CC.CC.CC.CC.CC.CC.[CH2-]CCC[CH-]C1CCCCC1B1[CH-]B(C2CCCCC2[CH-]CCC[CH2-])[CH-]B(C2CCCCC2[CH-]CCC[CH2-])[CH-]1.[Y+3].[Y+3].[Y+3]. The molecule has 5 aliphatic heterocycles. The van der Waals surface area contributed by atoms with Gasteiger partial charge in [-0.3, -0.25) is 0 Å². The summed E-state index contributed by atoms with van der Waals surface area (Å²) in [6, 6.07) is 0. The Morgan fingerprint density at radius 3 is 0.667 bits per heavy atom. The number of hydrogen-bond donors (Lipinski definition) is 0. The van der Waals surface area contributed by atoms with Crippen LogP contribution < -0.4 is 0 Å². The molecule has 96 heavy (non-hydrogen) atoms. The molecule has 0 aromatic heterocycles. The van der Waals surface area contributed by atoms with Gasteiger partial charge in [-0.2, -0.15) is 56.3 Å². The van der Waals surface area contributed by atoms with Crippen LogP contribution in [0.4, 0.5) is 0 Å². The summed E-state index contributed by atoms with van der Waals surface area (Å²) in [5, 5.41) is 0. The number of hydrogen-bond acceptors (Lipinski definition) is 0. The molecule has 18 atom stereocenters. The summed E-state index contributed by atoms with van der Waals surface area (Å²) < 4.78 is 0. The fraction of sp³-hybridized carbons (Fsp3) is 0.897. The van der Waals surface area contributed by atoms with E-state index in [0.717, 1.165) is 125 Å². The zero-order valence-corrected chi connectivity index (χ0v) is 75.2. The quantitative estimate of drug-likeness (QED) is 0.0871. The summed E-state index contributed by atoms with van der Waals surface area (Å²) in [6.45, 7) is 42.0. The van der Waals surface area contributed by atoms with E-state index < -0.39 is 0 Å². The zero-order valence-electron chi connectivity index (χ0n) is 66.7. The summed E-state index contributed by atoms with van der Waals surface area (Å²) in [5.74, 6) is 18.9. The molecule has 18 unspecified atom stereocenters. The Morgan fingerprint density at radius 1 is 0.250 bits per heavy atom. The Hall–Kier alpha value is 3.70. The number of rotatable bonds is 15. The van der Waals surface area contributed by atoms with Crippen molar-refractivity contribution in [3.63, 3.8) is 0 Å². The van der Waals surface area contributed by atoms with E-state index in [1.54, 1.807) is 154 Å². The number of fused-ring (bicyclic) bond motifs is 21. The minimum absolute atomic E-state index is 0. The molecule has 14 fully saturated rings. The van der Waals surface area contributed by atoms with Gasteiger partial charge >= 0.3 is 98.1 Å². The van der Waals surface area contributed by atoms with E-state index in [-0.39, 0.29) is 98.1 Å². The fourth-order valence-electron chi connectivity index (χ4n) is 27.3. The van der Waals surface area contributed by atoms with Gasteiger partial charge in [0.05, 0.1) is 0 Å². The third-order valence-electron chi connectivity index (χ3n) is 29.7. The molecule has 5 saturated heterocycles. The average Bonchev–Trinajstić information content (AvgIpc) is 0.679. The summed E-state index contributed by atoms with van der Waals surface area (Å²) in [7, 11) is 0. The van der Waals surface area contributed by atoms with Gasteiger partial charge in [-0.15, -0.1) is 36.7 Å². The summed E-state index contributed by atoms with van der Waals surface area (Å²) >= 11 is 0. The first-order valence-electron chi connectivity index (χ1n) is 44.6. The fourth-order valence-corrected chi connectivity index (χ4v) is 27.3. The van der Waals surface area contributed by atoms with Crippen LogP contribution in [0.3, 0.4) is 0 Å². The van der Waals surface area contributed by atoms with Crippen LogP contribution in [0.5, 0.6) is 0 Å². The zero-order chi connectivity index (χ0) is 66.7. The molecule has 0 spiro atoms. The van der Waals surface area contributed by atoms with Gasteiger partial charge in [0.25, 0.3) is 0 Å². The van der Waals surface area contributed by atoms with Gasteiger partial charge in [0, 0.05) is 0 Å². The second-order valence-electron chi connectivity index (χ2n) is 33.0. The van der Waals surface area contributed by atoms with Crippen LogP contribution in [0, 0.1) is 130 Å². The molecule has 0 aromatic rings. The van der Waals surface area contributed by atoms with Crippen molar-refractivity contribution in [2.24, 2.45) is 71.0 Å². The van der Waals surface area contributed by atoms with Gasteiger partial charge < -0.3 is 58.7 Å². The van der Waals surface area contributed by atoms with Crippen molar-refractivity contribution in [3.8, 4) is 0 Å². The van der Waals surface area contributed by atoms with E-state index in [2.05, 4.69) is 58.7 Å². The first kappa shape index (κ1) is 92.1. The van der Waals surface area contributed by atoms with Crippen LogP contribution in [0.1, 0.15) is 372 Å². The molecule has 0 bridgehead atoms. The molecule has 0 nitrogen and oxygen atoms in total. The van der Waals surface area contributed by atoms with Gasteiger partial charge in [0.15, 0.2) is 0 Å². The van der Waals surface area contributed by atoms with Crippen molar-refractivity contribution in [3.05, 3.63) is 58.7 Å². The maximum absolute atomic E-state index is 4.12. The van der Waals surface area contributed by atoms with Crippen LogP contribution in [0.2, 0.25) is 52.1 Å². The van der Waals surface area contributed by atoms with Crippen molar-refractivity contribution < 1.29 is 98.1 Å². The first-order chi connectivity index (χ1) is 46.1. The van der Waals surface area contributed by atoms with Gasteiger partial charge in [-0.1, -0.05) is 330 Å². The summed E-state index contributed by atoms with van der Waals surface area (Å²) in [6.07, 6.45) is 84.1. The monoisotopic (exact) mass is 1540 g/mol. The Bertz CT molecular complexity index is 1610. The van der Waals surface area contributed by atoms with Crippen molar-refractivity contribution in [2.75, 3.05) is 0 Å². The molecule has 14 rings (SSSR count). The third-order valence-corrected chi connectivity index (χ3v) is 29.7. The number of unbranched alkanes of at least 4 members (excludes halogenated alkanes) is 6. The van der Waals surface area contributed by atoms with Crippen molar-refractivity contribution in [2.45, 2.75) is 424 Å². The Kier molecular flexibility index (Phi) is 49.1. The normalized spacial score (nSPS) is 37.6. The van der Waals surface area contributed by atoms with Crippen LogP contribution in [-0.2, 0) is 98.1 Å². The molecule has 5 heterocycles. The predicted molar refractivity (Wildman–Crippen MR) is 428 cm³/mol. The standard InChI is InChI=1S/C39H63B3.C36H60B3.6C2H6.3Y/c1-4-19-31-25(13-1)28-16-7-10-22-34(28)40-37(31)41-35-23-11-8-17-29(35)26-14-3-6-21-33(26)39(41)42-36-24-12-9-18-30(36)27-15-2-5-20-32(27)38(40)42;1-4-7-10-19-31-22-13-16-25-34(31)37-28-38(35-26-17-14-23-32(35)20-11-8-5-2)30-39(29-37)36-27-18-15-24-33(36)21-12-9-6-3;6*1-2;;;/h25-39H,1-24H2;19-21,28-36H,1-18,22-27H2;6*1-2H3;;;/q;-9;;;;;;;3*+3. The second kappa shape index (κ2) is 51.2. The predicted octanol–water partition coefficient (Wildman–Crippen LogP) is 28.1. The van der Waals surface area contributed by atoms with Gasteiger partial charge in [0.2, 0.25) is 0 Å². The van der Waals surface area contributed by atoms with Crippen LogP contribution in [-0.4, -0.2) is 40.3 Å². The smallest absolute Gasteiger partial charge is 0.426 e. The summed E-state index contributed by atoms with van der Waals surface area (Å²) in [5.41, 5.74) is 3.53. The Balaban J connectivity index is 0.000000346. The van der Waals surface area contributed by atoms with Crippen molar-refractivity contribution in [1.82, 2.24) is 0 Å². The topological polar surface area (TPSA) is 0 Å². The molecule has 14 aliphatic rings. The largest absolute Gasteiger partial charge is 3.00 e. The van der Waals surface area contributed by atoms with E-state index in [0.29, 0.717) is 20.1 Å². The Morgan fingerprint density at radius 2 is 0.438 bits per heavy atom. The molecule has 0 amide bonds. The van der Waals surface area contributed by atoms with E-state index >= 15 is 0 Å². The van der Waals surface area contributed by atoms with Crippen LogP contribution in [0.15, 0.2) is 0 Å². The molecule has 9 saturated carbocycles. The maximum Gasteiger partial charge on any atom is 3.00 e. The molecule has 0 aromatic carbocycles. The molecule has 9 aliphatic carbocycles. The Labute approximate surface area is 684 Å². The molecular weight excluding hydrogens is 1380 g/mol. The minimum atomic E-state index is 0. The molecule has 9 heteroatoms. The molecule has 0 radical (unpaired) electrons. The molecule has 0 N–H and O–H groups in total. The van der Waals surface area contributed by atoms with Crippen molar-refractivity contribution in [1.29, 1.82) is 0 Å². The van der Waals surface area contributed by atoms with Crippen LogP contribution in [0.25, 0.3) is 0 Å². The van der Waals surface area contributed by atoms with Crippen molar-refractivity contribution >= 4 is 40.3 Å².